The predicted octanol–water partition coefficient (Wildman–Crippen LogP) is 9.20. The standard InChI is InChI=1S/C11H21ClO4.C11H21IO4.C7H12O2.C6H13ClO2.C2H3N/c2*1-11(2,3)16-10(13)15-9-5-8-14-7-4-6-12;1-5-6(8)9-7(2,3)4;7-3-1-5-9-6-2-4-8;1-2-3/h2*4-9H2,1-3H3;5H,1H2,2-4H3;8H,1-6H2;1H3. The van der Waals surface area contributed by atoms with Crippen LogP contribution in [0, 0.1) is 11.3 Å². The van der Waals surface area contributed by atoms with Crippen LogP contribution in [-0.2, 0) is 42.7 Å². The molecule has 316 valence electrons. The zero-order chi connectivity index (χ0) is 42.0. The number of rotatable bonds is 21. The maximum atomic E-state index is 11.1. The number of nitrogens with zero attached hydrogens (tertiary/aromatic N) is 1. The number of carbonyl (C=O) groups excluding carboxylic acids is 3. The van der Waals surface area contributed by atoms with Crippen LogP contribution in [0.3, 0.4) is 0 Å². The van der Waals surface area contributed by atoms with Gasteiger partial charge in [-0.1, -0.05) is 29.2 Å². The van der Waals surface area contributed by atoms with Crippen LogP contribution >= 0.6 is 45.8 Å². The molecule has 0 aliphatic rings. The third kappa shape index (κ3) is 76.0. The molecule has 0 aliphatic heterocycles. The molecule has 0 saturated carbocycles. The second-order valence-corrected chi connectivity index (χ2v) is 15.2. The first kappa shape index (κ1) is 60.6. The Hall–Kier alpha value is -1.61. The van der Waals surface area contributed by atoms with Gasteiger partial charge >= 0.3 is 18.3 Å². The van der Waals surface area contributed by atoms with E-state index in [9.17, 15) is 14.4 Å². The molecule has 0 atom stereocenters. The molecule has 0 saturated heterocycles. The van der Waals surface area contributed by atoms with Crippen molar-refractivity contribution in [3.63, 3.8) is 0 Å². The van der Waals surface area contributed by atoms with Crippen LogP contribution in [0.2, 0.25) is 0 Å². The first-order valence-corrected chi connectivity index (χ1v) is 20.2. The van der Waals surface area contributed by atoms with Gasteiger partial charge < -0.3 is 43.0 Å². The molecule has 0 rings (SSSR count). The second-order valence-electron chi connectivity index (χ2n) is 13.3. The van der Waals surface area contributed by atoms with E-state index in [1.165, 1.54) is 6.92 Å². The van der Waals surface area contributed by atoms with Gasteiger partial charge in [-0.05, 0) is 88.0 Å². The Balaban J connectivity index is -0.000000194. The molecule has 16 heteroatoms. The fraction of sp³-hybridized carbons (Fsp3) is 0.838. The summed E-state index contributed by atoms with van der Waals surface area (Å²) in [7, 11) is 0. The van der Waals surface area contributed by atoms with Crippen molar-refractivity contribution in [3.05, 3.63) is 12.7 Å². The van der Waals surface area contributed by atoms with Gasteiger partial charge in [-0.3, -0.25) is 0 Å². The van der Waals surface area contributed by atoms with Gasteiger partial charge in [0.25, 0.3) is 0 Å². The summed E-state index contributed by atoms with van der Waals surface area (Å²) in [6, 6.07) is 1.75. The molecule has 0 spiro atoms. The molecule has 0 aromatic carbocycles. The van der Waals surface area contributed by atoms with Gasteiger partial charge in [-0.15, -0.1) is 23.2 Å². The van der Waals surface area contributed by atoms with Crippen molar-refractivity contribution in [2.45, 2.75) is 125 Å². The summed E-state index contributed by atoms with van der Waals surface area (Å²) >= 11 is 13.2. The first-order valence-electron chi connectivity index (χ1n) is 17.6. The van der Waals surface area contributed by atoms with E-state index in [4.69, 9.17) is 71.5 Å². The zero-order valence-corrected chi connectivity index (χ0v) is 37.7. The van der Waals surface area contributed by atoms with Crippen LogP contribution in [0.4, 0.5) is 9.59 Å². The van der Waals surface area contributed by atoms with E-state index in [2.05, 4.69) is 29.2 Å². The summed E-state index contributed by atoms with van der Waals surface area (Å²) in [5.74, 6) is 0.885. The molecule has 0 heterocycles. The average molecular weight is 919 g/mol. The predicted molar refractivity (Wildman–Crippen MR) is 219 cm³/mol. The molecular weight excluding hydrogens is 848 g/mol. The monoisotopic (exact) mass is 917 g/mol. The topological polar surface area (TPSA) is 169 Å². The van der Waals surface area contributed by atoms with Gasteiger partial charge in [0, 0.05) is 88.3 Å². The lowest BCUT2D eigenvalue weighted by Gasteiger charge is -2.18. The lowest BCUT2D eigenvalue weighted by atomic mass is 10.2. The van der Waals surface area contributed by atoms with Crippen molar-refractivity contribution in [3.8, 4) is 6.07 Å². The van der Waals surface area contributed by atoms with Gasteiger partial charge in [0.05, 0.1) is 19.3 Å². The van der Waals surface area contributed by atoms with Gasteiger partial charge in [-0.2, -0.15) is 5.26 Å². The van der Waals surface area contributed by atoms with Crippen LogP contribution in [0.1, 0.15) is 108 Å². The Morgan fingerprint density at radius 2 is 0.962 bits per heavy atom. The Labute approximate surface area is 344 Å². The molecule has 53 heavy (non-hydrogen) atoms. The van der Waals surface area contributed by atoms with E-state index in [1.54, 1.807) is 47.6 Å². The van der Waals surface area contributed by atoms with Crippen LogP contribution in [0.15, 0.2) is 12.7 Å². The fourth-order valence-corrected chi connectivity index (χ4v) is 3.01. The lowest BCUT2D eigenvalue weighted by Crippen LogP contribution is -2.24. The van der Waals surface area contributed by atoms with Crippen LogP contribution in [-0.4, -0.2) is 116 Å². The summed E-state index contributed by atoms with van der Waals surface area (Å²) in [5.41, 5.74) is -1.40. The van der Waals surface area contributed by atoms with E-state index in [0.717, 1.165) is 42.8 Å². The third-order valence-corrected chi connectivity index (χ3v) is 5.67. The molecule has 1 N–H and O–H groups in total. The second kappa shape index (κ2) is 43.1. The Morgan fingerprint density at radius 1 is 0.642 bits per heavy atom. The largest absolute Gasteiger partial charge is 0.508 e. The number of ether oxygens (including phenoxy) is 8. The van der Waals surface area contributed by atoms with Gasteiger partial charge in [0.1, 0.15) is 16.8 Å². The molecule has 0 amide bonds. The number of hydrogen-bond donors (Lipinski definition) is 1. The number of hydrogen-bond acceptors (Lipinski definition) is 13. The van der Waals surface area contributed by atoms with Crippen molar-refractivity contribution in [1.82, 2.24) is 0 Å². The van der Waals surface area contributed by atoms with Crippen LogP contribution < -0.4 is 0 Å². The van der Waals surface area contributed by atoms with E-state index < -0.39 is 29.1 Å². The number of esters is 1. The third-order valence-electron chi connectivity index (χ3n) is 4.37. The minimum Gasteiger partial charge on any atom is -0.457 e. The average Bonchev–Trinajstić information content (AvgIpc) is 3.03. The highest BCUT2D eigenvalue weighted by Crippen LogP contribution is 2.09. The van der Waals surface area contributed by atoms with Crippen LogP contribution in [0.25, 0.3) is 0 Å². The minimum atomic E-state index is -0.631. The van der Waals surface area contributed by atoms with Crippen LogP contribution in [0.5, 0.6) is 0 Å². The highest BCUT2D eigenvalue weighted by atomic mass is 127. The van der Waals surface area contributed by atoms with Gasteiger partial charge in [-0.25, -0.2) is 14.4 Å². The molecule has 0 radical (unpaired) electrons. The van der Waals surface area contributed by atoms with E-state index in [0.29, 0.717) is 70.8 Å². The first-order chi connectivity index (χ1) is 24.7. The van der Waals surface area contributed by atoms with Crippen molar-refractivity contribution in [2.24, 2.45) is 0 Å². The Kier molecular flexibility index (Phi) is 49.3. The highest BCUT2D eigenvalue weighted by molar-refractivity contribution is 14.1. The summed E-state index contributed by atoms with van der Waals surface area (Å²) in [6.07, 6.45) is 4.82. The maximum absolute atomic E-state index is 11.1. The molecule has 0 unspecified atom stereocenters. The number of nitriles is 1. The molecule has 13 nitrogen and oxygen atoms in total. The number of aliphatic hydroxyl groups is 1. The molecule has 0 fully saturated rings. The maximum Gasteiger partial charge on any atom is 0.508 e. The quantitative estimate of drug-likeness (QED) is 0.0289. The molecule has 0 aromatic rings. The highest BCUT2D eigenvalue weighted by Gasteiger charge is 2.18. The lowest BCUT2D eigenvalue weighted by molar-refractivity contribution is -0.148. The Bertz CT molecular complexity index is 839. The number of carbonyl (C=O) groups is 3. The normalized spacial score (nSPS) is 10.4. The number of aliphatic hydroxyl groups excluding tert-OH is 1. The molecular formula is C37H70Cl2INO12. The van der Waals surface area contributed by atoms with Crippen molar-refractivity contribution < 1.29 is 57.4 Å². The molecule has 0 aromatic heterocycles. The number of halogens is 3. The summed E-state index contributed by atoms with van der Waals surface area (Å²) < 4.78 is 41.2. The van der Waals surface area contributed by atoms with E-state index >= 15 is 0 Å². The van der Waals surface area contributed by atoms with Gasteiger partial charge in [0.2, 0.25) is 0 Å². The molecule has 0 aliphatic carbocycles. The van der Waals surface area contributed by atoms with E-state index in [-0.39, 0.29) is 12.6 Å². The Morgan fingerprint density at radius 3 is 1.23 bits per heavy atom. The minimum absolute atomic E-state index is 0.209. The van der Waals surface area contributed by atoms with Gasteiger partial charge in [0.15, 0.2) is 0 Å². The summed E-state index contributed by atoms with van der Waals surface area (Å²) in [6.45, 7) is 25.8. The SMILES string of the molecule is C=CC(=O)OC(C)(C)C.CC#N.CC(C)(C)OC(=O)OCCCOCCCCl.CC(C)(C)OC(=O)OCCCOCCCI.OCCCOCCCCl. The van der Waals surface area contributed by atoms with Crippen molar-refractivity contribution in [1.29, 1.82) is 5.26 Å². The number of alkyl halides is 3. The fourth-order valence-electron chi connectivity index (χ4n) is 2.48. The van der Waals surface area contributed by atoms with Crippen molar-refractivity contribution >= 4 is 64.1 Å². The molecule has 0 bridgehead atoms. The summed E-state index contributed by atoms with van der Waals surface area (Å²) in [4.78, 5) is 32.7. The van der Waals surface area contributed by atoms with E-state index in [1.807, 2.05) is 20.8 Å². The zero-order valence-electron chi connectivity index (χ0n) is 34.0. The van der Waals surface area contributed by atoms with Crippen molar-refractivity contribution in [2.75, 3.05) is 75.6 Å². The smallest absolute Gasteiger partial charge is 0.457 e. The summed E-state index contributed by atoms with van der Waals surface area (Å²) in [5, 5.41) is 15.6.